The molecule has 5 N–H and O–H groups in total. The summed E-state index contributed by atoms with van der Waals surface area (Å²) in [6, 6.07) is 15.6. The summed E-state index contributed by atoms with van der Waals surface area (Å²) >= 11 is 0. The van der Waals surface area contributed by atoms with Crippen LogP contribution in [0.1, 0.15) is 64.2 Å². The number of carbonyl (C=O) groups excluding carboxylic acids is 3. The topological polar surface area (TPSA) is 164 Å². The molecule has 2 aromatic carbocycles. The molecule has 58 heavy (non-hydrogen) atoms. The van der Waals surface area contributed by atoms with Gasteiger partial charge in [0.25, 0.3) is 5.56 Å². The molecule has 4 fully saturated rings. The zero-order chi connectivity index (χ0) is 40.2. The van der Waals surface area contributed by atoms with E-state index in [0.29, 0.717) is 59.6 Å². The normalized spacial score (nSPS) is 24.2. The highest BCUT2D eigenvalue weighted by Crippen LogP contribution is 2.31. The first-order chi connectivity index (χ1) is 28.2. The summed E-state index contributed by atoms with van der Waals surface area (Å²) in [5.74, 6) is -1.18. The van der Waals surface area contributed by atoms with Crippen molar-refractivity contribution >= 4 is 35.0 Å². The van der Waals surface area contributed by atoms with E-state index < -0.39 is 11.9 Å². The first-order valence-electron chi connectivity index (χ1n) is 20.4. The number of rotatable bonds is 10. The number of H-pyrrole nitrogens is 1. The van der Waals surface area contributed by atoms with Gasteiger partial charge in [-0.2, -0.15) is 0 Å². The molecular weight excluding hydrogens is 745 g/mol. The van der Waals surface area contributed by atoms with E-state index in [4.69, 9.17) is 0 Å². The summed E-state index contributed by atoms with van der Waals surface area (Å²) in [7, 11) is 0. The molecule has 1 unspecified atom stereocenters. The Morgan fingerprint density at radius 2 is 1.53 bits per heavy atom. The van der Waals surface area contributed by atoms with Crippen LogP contribution in [0.15, 0.2) is 71.8 Å². The van der Waals surface area contributed by atoms with Crippen LogP contribution in [0.3, 0.4) is 0 Å². The van der Waals surface area contributed by atoms with Gasteiger partial charge in [0.15, 0.2) is 5.82 Å². The zero-order valence-electron chi connectivity index (χ0n) is 32.3. The van der Waals surface area contributed by atoms with E-state index in [9.17, 15) is 23.6 Å². The average Bonchev–Trinajstić information content (AvgIpc) is 3.23. The Hall–Kier alpha value is -5.70. The van der Waals surface area contributed by atoms with Crippen molar-refractivity contribution in [3.63, 3.8) is 0 Å². The van der Waals surface area contributed by atoms with Crippen LogP contribution in [-0.4, -0.2) is 87.9 Å². The molecule has 4 heterocycles. The van der Waals surface area contributed by atoms with Crippen LogP contribution in [-0.2, 0) is 14.4 Å². The Morgan fingerprint density at radius 1 is 0.776 bits per heavy atom. The average molecular weight is 794 g/mol. The molecule has 2 aromatic heterocycles. The summed E-state index contributed by atoms with van der Waals surface area (Å²) in [5, 5.41) is 12.1. The molecule has 2 aliphatic carbocycles. The SMILES string of the molecule is O=C1CCC(Nc2ccc(N3CCN([C@H]4CC[C@H](NC(=O)[C@H]5CC[C@H](Nc6ncc(F)c(-c7cccc(-c8ccc[nH]c8=O)c7)n6)CC5)CC4)CC3)c(F)c2)C(=O)N1. The van der Waals surface area contributed by atoms with Gasteiger partial charge in [-0.3, -0.25) is 29.4 Å². The number of anilines is 3. The number of halogens is 2. The Labute approximate surface area is 335 Å². The Morgan fingerprint density at radius 3 is 2.28 bits per heavy atom. The molecule has 0 bridgehead atoms. The van der Waals surface area contributed by atoms with Crippen molar-refractivity contribution in [3.8, 4) is 22.4 Å². The Kier molecular flexibility index (Phi) is 11.8. The van der Waals surface area contributed by atoms with Crippen LogP contribution in [0, 0.1) is 17.6 Å². The van der Waals surface area contributed by atoms with Crippen LogP contribution in [0.2, 0.25) is 0 Å². The second kappa shape index (κ2) is 17.4. The number of piperidine rings is 1. The quantitative estimate of drug-likeness (QED) is 0.135. The smallest absolute Gasteiger partial charge is 0.255 e. The predicted octanol–water partition coefficient (Wildman–Crippen LogP) is 5.21. The molecule has 3 amide bonds. The largest absolute Gasteiger partial charge is 0.374 e. The molecular formula is C43H49F2N9O4. The monoisotopic (exact) mass is 793 g/mol. The third-order valence-electron chi connectivity index (χ3n) is 12.2. The maximum absolute atomic E-state index is 15.2. The fourth-order valence-corrected chi connectivity index (χ4v) is 8.92. The van der Waals surface area contributed by atoms with Crippen molar-refractivity contribution in [1.29, 1.82) is 0 Å². The number of hydrogen-bond donors (Lipinski definition) is 5. The number of imide groups is 1. The minimum Gasteiger partial charge on any atom is -0.374 e. The standard InChI is InChI=1S/C43H49F2N9O4/c44-34-24-31(48-36-15-17-38(55)51-42(36)58)12-16-37(34)54-21-19-53(20-22-54)32-13-10-29(11-14-32)49-40(56)26-6-8-30(9-7-26)50-43-47-25-35(45)39(52-43)28-4-1-3-27(23-28)33-5-2-18-46-41(33)57/h1-5,12,16,18,23-26,29-30,32,36,48H,6-11,13-15,17,19-22H2,(H,46,57)(H,49,56)(H,47,50,52)(H,51,55,58)/t26-,29-,30-,32-,36?. The molecule has 304 valence electrons. The molecule has 8 rings (SSSR count). The minimum absolute atomic E-state index is 0.0555. The third-order valence-corrected chi connectivity index (χ3v) is 12.2. The van der Waals surface area contributed by atoms with Crippen molar-refractivity contribution in [1.82, 2.24) is 30.5 Å². The number of benzene rings is 2. The number of nitrogens with zero attached hydrogens (tertiary/aromatic N) is 4. The molecule has 2 saturated heterocycles. The molecule has 2 aliphatic heterocycles. The van der Waals surface area contributed by atoms with Crippen LogP contribution in [0.5, 0.6) is 0 Å². The van der Waals surface area contributed by atoms with E-state index in [-0.39, 0.29) is 59.2 Å². The van der Waals surface area contributed by atoms with E-state index in [1.807, 2.05) is 0 Å². The molecule has 13 nitrogen and oxygen atoms in total. The van der Waals surface area contributed by atoms with E-state index >= 15 is 4.39 Å². The minimum atomic E-state index is -0.562. The number of amides is 3. The van der Waals surface area contributed by atoms with Gasteiger partial charge in [-0.1, -0.05) is 18.2 Å². The van der Waals surface area contributed by atoms with E-state index in [1.165, 1.54) is 6.07 Å². The number of aromatic amines is 1. The maximum atomic E-state index is 15.2. The molecule has 15 heteroatoms. The van der Waals surface area contributed by atoms with Crippen molar-refractivity contribution in [3.05, 3.63) is 89.0 Å². The number of piperazine rings is 1. The summed E-state index contributed by atoms with van der Waals surface area (Å²) in [5.41, 5.74) is 2.67. The number of carbonyl (C=O) groups is 3. The van der Waals surface area contributed by atoms with Crippen LogP contribution in [0.4, 0.5) is 26.1 Å². The number of aromatic nitrogens is 3. The predicted molar refractivity (Wildman–Crippen MR) is 217 cm³/mol. The van der Waals surface area contributed by atoms with Gasteiger partial charge in [0.05, 0.1) is 11.9 Å². The first-order valence-corrected chi connectivity index (χ1v) is 20.4. The lowest BCUT2D eigenvalue weighted by molar-refractivity contribution is -0.133. The second-order valence-corrected chi connectivity index (χ2v) is 15.9. The van der Waals surface area contributed by atoms with Gasteiger partial charge < -0.3 is 25.8 Å². The lowest BCUT2D eigenvalue weighted by Crippen LogP contribution is -2.52. The summed E-state index contributed by atoms with van der Waals surface area (Å²) in [6.07, 6.45) is 10.3. The molecule has 4 aliphatic rings. The van der Waals surface area contributed by atoms with Crippen molar-refractivity contribution in [2.75, 3.05) is 41.7 Å². The number of nitrogens with one attached hydrogen (secondary N) is 5. The van der Waals surface area contributed by atoms with Crippen molar-refractivity contribution in [2.24, 2.45) is 5.92 Å². The molecule has 4 aromatic rings. The van der Waals surface area contributed by atoms with Gasteiger partial charge in [0.1, 0.15) is 17.6 Å². The Balaban J connectivity index is 0.760. The van der Waals surface area contributed by atoms with E-state index in [2.05, 4.69) is 46.0 Å². The molecule has 0 spiro atoms. The highest BCUT2D eigenvalue weighted by molar-refractivity contribution is 6.01. The van der Waals surface area contributed by atoms with Crippen LogP contribution in [0.25, 0.3) is 22.4 Å². The van der Waals surface area contributed by atoms with Gasteiger partial charge in [0, 0.05) is 79.7 Å². The van der Waals surface area contributed by atoms with Gasteiger partial charge in [-0.15, -0.1) is 0 Å². The molecule has 1 atom stereocenters. The highest BCUT2D eigenvalue weighted by atomic mass is 19.1. The Bertz CT molecular complexity index is 2190. The van der Waals surface area contributed by atoms with Crippen LogP contribution >= 0.6 is 0 Å². The van der Waals surface area contributed by atoms with Gasteiger partial charge >= 0.3 is 0 Å². The second-order valence-electron chi connectivity index (χ2n) is 15.9. The zero-order valence-corrected chi connectivity index (χ0v) is 32.3. The molecule has 2 saturated carbocycles. The fraction of sp³-hybridized carbons (Fsp3) is 0.442. The summed E-state index contributed by atoms with van der Waals surface area (Å²) in [6.45, 7) is 3.10. The van der Waals surface area contributed by atoms with Gasteiger partial charge in [0.2, 0.25) is 23.7 Å². The van der Waals surface area contributed by atoms with E-state index in [1.54, 1.807) is 54.7 Å². The van der Waals surface area contributed by atoms with E-state index in [0.717, 1.165) is 70.7 Å². The fourth-order valence-electron chi connectivity index (χ4n) is 8.92. The number of pyridine rings is 1. The van der Waals surface area contributed by atoms with Gasteiger partial charge in [-0.25, -0.2) is 18.7 Å². The number of hydrogen-bond acceptors (Lipinski definition) is 10. The first kappa shape index (κ1) is 39.1. The van der Waals surface area contributed by atoms with Gasteiger partial charge in [-0.05, 0) is 99.7 Å². The maximum Gasteiger partial charge on any atom is 0.255 e. The van der Waals surface area contributed by atoms with Crippen molar-refractivity contribution in [2.45, 2.75) is 88.4 Å². The lowest BCUT2D eigenvalue weighted by atomic mass is 9.84. The van der Waals surface area contributed by atoms with Crippen LogP contribution < -0.4 is 31.7 Å². The summed E-state index contributed by atoms with van der Waals surface area (Å²) < 4.78 is 30.2. The third kappa shape index (κ3) is 9.04. The molecule has 0 radical (unpaired) electrons. The summed E-state index contributed by atoms with van der Waals surface area (Å²) in [4.78, 5) is 65.2. The van der Waals surface area contributed by atoms with Crippen molar-refractivity contribution < 1.29 is 23.2 Å². The highest BCUT2D eigenvalue weighted by Gasteiger charge is 2.33. The lowest BCUT2D eigenvalue weighted by Gasteiger charge is -2.43.